The molecule has 2 N–H and O–H groups in total. The zero-order valence-corrected chi connectivity index (χ0v) is 18.8. The normalized spacial score (nSPS) is 27.3. The molecule has 2 atom stereocenters. The number of rotatable bonds is 4. The number of esters is 2. The molecule has 1 unspecified atom stereocenters. The number of anilines is 1. The number of nitrogens with zero attached hydrogens (tertiary/aromatic N) is 3. The van der Waals surface area contributed by atoms with Crippen molar-refractivity contribution >= 4 is 42.4 Å². The second kappa shape index (κ2) is 10.6. The van der Waals surface area contributed by atoms with E-state index in [1.54, 1.807) is 19.3 Å². The molecule has 0 amide bonds. The van der Waals surface area contributed by atoms with Crippen molar-refractivity contribution in [2.75, 3.05) is 31.1 Å². The van der Waals surface area contributed by atoms with Crippen molar-refractivity contribution in [1.29, 1.82) is 0 Å². The van der Waals surface area contributed by atoms with Gasteiger partial charge in [-0.3, -0.25) is 14.7 Å². The molecule has 1 saturated carbocycles. The molecule has 29 heavy (non-hydrogen) atoms. The fourth-order valence-electron chi connectivity index (χ4n) is 4.41. The van der Waals surface area contributed by atoms with Crippen LogP contribution in [-0.2, 0) is 14.3 Å². The van der Waals surface area contributed by atoms with E-state index >= 15 is 0 Å². The van der Waals surface area contributed by atoms with E-state index in [0.717, 1.165) is 51.1 Å². The lowest BCUT2D eigenvalue weighted by Gasteiger charge is -2.55. The summed E-state index contributed by atoms with van der Waals surface area (Å²) >= 11 is 0. The van der Waals surface area contributed by atoms with Gasteiger partial charge in [-0.1, -0.05) is 19.8 Å². The van der Waals surface area contributed by atoms with E-state index in [4.69, 9.17) is 10.5 Å². The molecular formula is C20H32Cl2N4O3. The number of halogens is 2. The van der Waals surface area contributed by atoms with Gasteiger partial charge in [-0.25, -0.2) is 4.79 Å². The van der Waals surface area contributed by atoms with Gasteiger partial charge in [-0.05, 0) is 31.9 Å². The van der Waals surface area contributed by atoms with Crippen LogP contribution in [0.4, 0.5) is 5.69 Å². The van der Waals surface area contributed by atoms with E-state index in [2.05, 4.69) is 21.7 Å². The SMILES string of the molecule is CCC(=O)OC(=O)C1(N)CCCC[C@]1(C)N1CCN(c2ccncc2)CC1.Cl.Cl. The van der Waals surface area contributed by atoms with Crippen LogP contribution in [0, 0.1) is 0 Å². The van der Waals surface area contributed by atoms with Crippen LogP contribution < -0.4 is 10.6 Å². The molecule has 1 aliphatic heterocycles. The molecule has 0 spiro atoms. The summed E-state index contributed by atoms with van der Waals surface area (Å²) in [6, 6.07) is 4.03. The number of aromatic nitrogens is 1. The molecule has 1 aromatic rings. The Labute approximate surface area is 185 Å². The van der Waals surface area contributed by atoms with Crippen molar-refractivity contribution in [3.8, 4) is 0 Å². The zero-order valence-electron chi connectivity index (χ0n) is 17.1. The molecule has 0 bridgehead atoms. The Morgan fingerprint density at radius 1 is 1.10 bits per heavy atom. The van der Waals surface area contributed by atoms with Gasteiger partial charge in [0, 0.05) is 56.2 Å². The third-order valence-electron chi connectivity index (χ3n) is 6.31. The highest BCUT2D eigenvalue weighted by Crippen LogP contribution is 2.41. The standard InChI is InChI=1S/C20H30N4O3.2ClH/c1-3-17(25)27-18(26)20(21)9-5-4-8-19(20,2)24-14-12-23(13-15-24)16-6-10-22-11-7-16;;/h6-7,10-11H,3-5,8-9,12-15,21H2,1-2H3;2*1H/t19-,20?;;/m0../s1. The molecule has 1 saturated heterocycles. The van der Waals surface area contributed by atoms with Crippen LogP contribution in [0.5, 0.6) is 0 Å². The van der Waals surface area contributed by atoms with Gasteiger partial charge < -0.3 is 15.4 Å². The highest BCUT2D eigenvalue weighted by Gasteiger charge is 2.57. The molecule has 2 heterocycles. The molecule has 3 rings (SSSR count). The first-order chi connectivity index (χ1) is 12.9. The lowest BCUT2D eigenvalue weighted by atomic mass is 9.67. The van der Waals surface area contributed by atoms with Crippen molar-refractivity contribution in [3.05, 3.63) is 24.5 Å². The summed E-state index contributed by atoms with van der Waals surface area (Å²) in [6.07, 6.45) is 7.04. The van der Waals surface area contributed by atoms with E-state index in [1.165, 1.54) is 0 Å². The molecule has 9 heteroatoms. The van der Waals surface area contributed by atoms with Gasteiger partial charge in [0.05, 0.1) is 0 Å². The Balaban J connectivity index is 0.00000210. The van der Waals surface area contributed by atoms with Gasteiger partial charge in [-0.2, -0.15) is 0 Å². The largest absolute Gasteiger partial charge is 0.392 e. The van der Waals surface area contributed by atoms with Crippen LogP contribution in [-0.4, -0.2) is 59.1 Å². The van der Waals surface area contributed by atoms with Crippen LogP contribution in [0.2, 0.25) is 0 Å². The maximum absolute atomic E-state index is 12.8. The van der Waals surface area contributed by atoms with Gasteiger partial charge in [0.25, 0.3) is 0 Å². The van der Waals surface area contributed by atoms with Gasteiger partial charge in [-0.15, -0.1) is 24.8 Å². The minimum atomic E-state index is -1.16. The first-order valence-electron chi connectivity index (χ1n) is 9.85. The van der Waals surface area contributed by atoms with Crippen LogP contribution in [0.1, 0.15) is 46.0 Å². The van der Waals surface area contributed by atoms with Crippen LogP contribution in [0.3, 0.4) is 0 Å². The molecule has 0 radical (unpaired) electrons. The van der Waals surface area contributed by atoms with Crippen molar-refractivity contribution < 1.29 is 14.3 Å². The molecule has 0 aromatic carbocycles. The maximum atomic E-state index is 12.8. The van der Waals surface area contributed by atoms with Crippen molar-refractivity contribution in [1.82, 2.24) is 9.88 Å². The minimum absolute atomic E-state index is 0. The zero-order chi connectivity index (χ0) is 19.5. The third-order valence-corrected chi connectivity index (χ3v) is 6.31. The summed E-state index contributed by atoms with van der Waals surface area (Å²) in [5.41, 5.74) is 6.16. The molecule has 1 aromatic heterocycles. The highest BCUT2D eigenvalue weighted by atomic mass is 35.5. The monoisotopic (exact) mass is 446 g/mol. The summed E-state index contributed by atoms with van der Waals surface area (Å²) in [7, 11) is 0. The van der Waals surface area contributed by atoms with Crippen LogP contribution in [0.15, 0.2) is 24.5 Å². The lowest BCUT2D eigenvalue weighted by molar-refractivity contribution is -0.170. The van der Waals surface area contributed by atoms with Gasteiger partial charge >= 0.3 is 11.9 Å². The number of carbonyl (C=O) groups is 2. The third kappa shape index (κ3) is 5.02. The van der Waals surface area contributed by atoms with Crippen LogP contribution >= 0.6 is 24.8 Å². The second-order valence-corrected chi connectivity index (χ2v) is 7.75. The first kappa shape index (κ1) is 25.6. The first-order valence-corrected chi connectivity index (χ1v) is 9.85. The highest BCUT2D eigenvalue weighted by molar-refractivity contribution is 5.92. The summed E-state index contributed by atoms with van der Waals surface area (Å²) in [6.45, 7) is 7.08. The quantitative estimate of drug-likeness (QED) is 0.561. The van der Waals surface area contributed by atoms with E-state index in [0.29, 0.717) is 6.42 Å². The molecule has 2 fully saturated rings. The van der Waals surface area contributed by atoms with Crippen molar-refractivity contribution in [2.45, 2.75) is 57.0 Å². The molecule has 7 nitrogen and oxygen atoms in total. The fraction of sp³-hybridized carbons (Fsp3) is 0.650. The van der Waals surface area contributed by atoms with E-state index in [-0.39, 0.29) is 31.2 Å². The Kier molecular flexibility index (Phi) is 9.34. The number of nitrogens with two attached hydrogens (primary N) is 1. The fourth-order valence-corrected chi connectivity index (χ4v) is 4.41. The van der Waals surface area contributed by atoms with Gasteiger partial charge in [0.1, 0.15) is 5.54 Å². The van der Waals surface area contributed by atoms with E-state index < -0.39 is 23.0 Å². The Morgan fingerprint density at radius 2 is 1.69 bits per heavy atom. The summed E-state index contributed by atoms with van der Waals surface area (Å²) in [5.74, 6) is -1.09. The number of carbonyl (C=O) groups excluding carboxylic acids is 2. The maximum Gasteiger partial charge on any atom is 0.335 e. The summed E-state index contributed by atoms with van der Waals surface area (Å²) in [4.78, 5) is 33.2. The molecule has 164 valence electrons. The Bertz CT molecular complexity index is 686. The Hall–Kier alpha value is -1.41. The summed E-state index contributed by atoms with van der Waals surface area (Å²) in [5, 5.41) is 0. The second-order valence-electron chi connectivity index (χ2n) is 7.75. The molecular weight excluding hydrogens is 415 g/mol. The van der Waals surface area contributed by atoms with E-state index in [1.807, 2.05) is 12.1 Å². The average molecular weight is 447 g/mol. The number of hydrogen-bond donors (Lipinski definition) is 1. The predicted molar refractivity (Wildman–Crippen MR) is 118 cm³/mol. The number of ether oxygens (including phenoxy) is 1. The number of hydrogen-bond acceptors (Lipinski definition) is 7. The lowest BCUT2D eigenvalue weighted by Crippen LogP contribution is -2.74. The topological polar surface area (TPSA) is 88.8 Å². The van der Waals surface area contributed by atoms with Crippen LogP contribution in [0.25, 0.3) is 0 Å². The number of piperazine rings is 1. The number of pyridine rings is 1. The van der Waals surface area contributed by atoms with Crippen molar-refractivity contribution in [2.24, 2.45) is 5.73 Å². The smallest absolute Gasteiger partial charge is 0.335 e. The van der Waals surface area contributed by atoms with Crippen molar-refractivity contribution in [3.63, 3.8) is 0 Å². The summed E-state index contributed by atoms with van der Waals surface area (Å²) < 4.78 is 5.07. The van der Waals surface area contributed by atoms with E-state index in [9.17, 15) is 9.59 Å². The van der Waals surface area contributed by atoms with Gasteiger partial charge in [0.2, 0.25) is 0 Å². The average Bonchev–Trinajstić information content (AvgIpc) is 2.71. The molecule has 2 aliphatic rings. The molecule has 1 aliphatic carbocycles. The predicted octanol–water partition coefficient (Wildman–Crippen LogP) is 2.56. The van der Waals surface area contributed by atoms with Gasteiger partial charge in [0.15, 0.2) is 0 Å². The Morgan fingerprint density at radius 3 is 2.28 bits per heavy atom. The minimum Gasteiger partial charge on any atom is -0.392 e.